The smallest absolute Gasteiger partial charge is 0.223 e. The fourth-order valence-electron chi connectivity index (χ4n) is 5.67. The Morgan fingerprint density at radius 3 is 2.21 bits per heavy atom. The third kappa shape index (κ3) is 11.9. The van der Waals surface area contributed by atoms with Gasteiger partial charge in [-0.3, -0.25) is 9.59 Å². The standard InChI is InChI=1S/C33H56N2O5SSi2/c1-22-14-13-15-26(20-36)16-17-28(23(2)18-27-21-41-25(4)34-27)35-30(37)19-29(39-42(7,8)9)33(5,6)32(38)24(3)31(22)40-43(10,11)12/h16-18,20-22,24,26,28-29,31H,13-15,19H2,1-12H3,(H,35,37)/t22-,24+,26?,28-,29-,31-/m0/s1. The van der Waals surface area contributed by atoms with Crippen molar-refractivity contribution in [3.05, 3.63) is 33.8 Å². The molecule has 10 heteroatoms. The monoisotopic (exact) mass is 648 g/mol. The molecule has 0 bridgehead atoms. The zero-order valence-electron chi connectivity index (χ0n) is 28.6. The summed E-state index contributed by atoms with van der Waals surface area (Å²) in [6, 6.07) is -0.427. The number of aldehydes is 1. The van der Waals surface area contributed by atoms with Crippen molar-refractivity contribution in [2.24, 2.45) is 23.2 Å². The predicted molar refractivity (Wildman–Crippen MR) is 183 cm³/mol. The summed E-state index contributed by atoms with van der Waals surface area (Å²) in [7, 11) is -4.11. The molecule has 7 nitrogen and oxygen atoms in total. The summed E-state index contributed by atoms with van der Waals surface area (Å²) in [5.74, 6) is -0.660. The fraction of sp³-hybridized carbons (Fsp3) is 0.697. The van der Waals surface area contributed by atoms with Crippen molar-refractivity contribution in [1.82, 2.24) is 10.3 Å². The minimum absolute atomic E-state index is 0.0510. The van der Waals surface area contributed by atoms with Crippen LogP contribution < -0.4 is 5.32 Å². The first-order valence-corrected chi connectivity index (χ1v) is 23.4. The van der Waals surface area contributed by atoms with Gasteiger partial charge in [0, 0.05) is 22.6 Å². The van der Waals surface area contributed by atoms with E-state index in [9.17, 15) is 14.4 Å². The topological polar surface area (TPSA) is 94.6 Å². The van der Waals surface area contributed by atoms with Crippen LogP contribution in [0.5, 0.6) is 0 Å². The van der Waals surface area contributed by atoms with E-state index >= 15 is 0 Å². The highest BCUT2D eigenvalue weighted by Gasteiger charge is 2.46. The van der Waals surface area contributed by atoms with Crippen molar-refractivity contribution < 1.29 is 23.2 Å². The van der Waals surface area contributed by atoms with Gasteiger partial charge < -0.3 is 19.0 Å². The summed E-state index contributed by atoms with van der Waals surface area (Å²) >= 11 is 1.57. The van der Waals surface area contributed by atoms with E-state index in [1.807, 2.05) is 58.2 Å². The van der Waals surface area contributed by atoms with Crippen molar-refractivity contribution in [3.63, 3.8) is 0 Å². The highest BCUT2D eigenvalue weighted by molar-refractivity contribution is 7.09. The number of ketones is 1. The summed E-state index contributed by atoms with van der Waals surface area (Å²) in [6.45, 7) is 24.6. The number of Topliss-reactive ketones (excluding diaryl/α,β-unsaturated/α-hetero) is 1. The SMILES string of the molecule is CC(=Cc1csc(C)n1)[C@@H]1C=CC(C=O)CCC[C@H](C)[C@H](O[Si](C)(C)C)[C@@H](C)C(=O)C(C)(C)[C@@H](O[Si](C)(C)C)CC(=O)N1. The van der Waals surface area contributed by atoms with Crippen LogP contribution in [0.15, 0.2) is 23.1 Å². The lowest BCUT2D eigenvalue weighted by molar-refractivity contribution is -0.141. The maximum atomic E-state index is 14.3. The predicted octanol–water partition coefficient (Wildman–Crippen LogP) is 7.59. The van der Waals surface area contributed by atoms with Crippen LogP contribution in [0.3, 0.4) is 0 Å². The van der Waals surface area contributed by atoms with Gasteiger partial charge in [0.25, 0.3) is 0 Å². The zero-order chi connectivity index (χ0) is 32.8. The summed E-state index contributed by atoms with van der Waals surface area (Å²) in [6.07, 6.45) is 8.37. The minimum Gasteiger partial charge on any atom is -0.414 e. The molecular formula is C33H56N2O5SSi2. The normalized spacial score (nSPS) is 28.9. The number of carbonyl (C=O) groups is 3. The summed E-state index contributed by atoms with van der Waals surface area (Å²) in [5.41, 5.74) is 0.838. The maximum Gasteiger partial charge on any atom is 0.223 e. The van der Waals surface area contributed by atoms with E-state index in [2.05, 4.69) is 56.5 Å². The first-order valence-electron chi connectivity index (χ1n) is 15.7. The van der Waals surface area contributed by atoms with Gasteiger partial charge in [0.1, 0.15) is 12.1 Å². The fourth-order valence-corrected chi connectivity index (χ4v) is 8.73. The van der Waals surface area contributed by atoms with Gasteiger partial charge in [-0.15, -0.1) is 11.3 Å². The molecule has 1 aromatic rings. The van der Waals surface area contributed by atoms with Crippen LogP contribution in [0.1, 0.15) is 71.0 Å². The maximum absolute atomic E-state index is 14.3. The lowest BCUT2D eigenvalue weighted by Crippen LogP contribution is -2.52. The average Bonchev–Trinajstić information content (AvgIpc) is 3.29. The molecule has 242 valence electrons. The van der Waals surface area contributed by atoms with Crippen LogP contribution in [0, 0.1) is 30.1 Å². The van der Waals surface area contributed by atoms with E-state index in [0.29, 0.717) is 6.42 Å². The Balaban J connectivity index is 2.58. The van der Waals surface area contributed by atoms with Crippen molar-refractivity contribution in [1.29, 1.82) is 0 Å². The number of carbonyl (C=O) groups excluding carboxylic acids is 3. The van der Waals surface area contributed by atoms with E-state index in [0.717, 1.165) is 35.4 Å². The third-order valence-corrected chi connectivity index (χ3v) is 10.8. The number of aryl methyl sites for hydroxylation is 1. The van der Waals surface area contributed by atoms with Crippen molar-refractivity contribution in [2.75, 3.05) is 0 Å². The second kappa shape index (κ2) is 15.5. The molecule has 0 aliphatic carbocycles. The quantitative estimate of drug-likeness (QED) is 0.186. The number of hydrogen-bond acceptors (Lipinski definition) is 7. The first-order chi connectivity index (χ1) is 19.7. The zero-order valence-corrected chi connectivity index (χ0v) is 31.4. The van der Waals surface area contributed by atoms with Gasteiger partial charge in [-0.1, -0.05) is 46.3 Å². The second-order valence-electron chi connectivity index (χ2n) is 14.8. The molecule has 0 aromatic carbocycles. The number of allylic oxidation sites excluding steroid dienone is 1. The third-order valence-electron chi connectivity index (χ3n) is 8.01. The Morgan fingerprint density at radius 2 is 1.67 bits per heavy atom. The van der Waals surface area contributed by atoms with Crippen molar-refractivity contribution in [3.8, 4) is 0 Å². The lowest BCUT2D eigenvalue weighted by Gasteiger charge is -2.42. The molecule has 1 aliphatic rings. The molecule has 1 aromatic heterocycles. The molecule has 1 amide bonds. The largest absolute Gasteiger partial charge is 0.414 e. The van der Waals surface area contributed by atoms with E-state index < -0.39 is 34.2 Å². The second-order valence-corrected chi connectivity index (χ2v) is 24.8. The Labute approximate surface area is 266 Å². The number of amides is 1. The Morgan fingerprint density at radius 1 is 1.05 bits per heavy atom. The molecule has 2 rings (SSSR count). The van der Waals surface area contributed by atoms with Gasteiger partial charge in [-0.05, 0) is 83.5 Å². The molecule has 1 N–H and O–H groups in total. The van der Waals surface area contributed by atoms with Crippen LogP contribution in [-0.2, 0) is 23.2 Å². The number of rotatable bonds is 7. The van der Waals surface area contributed by atoms with E-state index in [4.69, 9.17) is 8.85 Å². The Bertz CT molecular complexity index is 1160. The molecule has 1 unspecified atom stereocenters. The number of nitrogens with zero attached hydrogens (tertiary/aromatic N) is 1. The van der Waals surface area contributed by atoms with Gasteiger partial charge in [0.2, 0.25) is 5.91 Å². The van der Waals surface area contributed by atoms with E-state index in [1.165, 1.54) is 0 Å². The highest BCUT2D eigenvalue weighted by atomic mass is 32.1. The molecule has 0 saturated heterocycles. The molecular weight excluding hydrogens is 593 g/mol. The first kappa shape index (κ1) is 37.5. The van der Waals surface area contributed by atoms with E-state index in [-0.39, 0.29) is 42.0 Å². The van der Waals surface area contributed by atoms with Crippen molar-refractivity contribution >= 4 is 52.0 Å². The molecule has 0 radical (unpaired) electrons. The Kier molecular flexibility index (Phi) is 13.5. The van der Waals surface area contributed by atoms with Crippen molar-refractivity contribution in [2.45, 2.75) is 125 Å². The molecule has 0 saturated carbocycles. The highest BCUT2D eigenvalue weighted by Crippen LogP contribution is 2.36. The van der Waals surface area contributed by atoms with Crippen LogP contribution >= 0.6 is 11.3 Å². The minimum atomic E-state index is -2.14. The van der Waals surface area contributed by atoms with Gasteiger partial charge in [0.05, 0.1) is 35.4 Å². The summed E-state index contributed by atoms with van der Waals surface area (Å²) < 4.78 is 13.3. The number of nitrogens with one attached hydrogen (secondary N) is 1. The lowest BCUT2D eigenvalue weighted by atomic mass is 9.73. The molecule has 6 atom stereocenters. The van der Waals surface area contributed by atoms with Gasteiger partial charge in [-0.2, -0.15) is 0 Å². The van der Waals surface area contributed by atoms with Crippen LogP contribution in [0.2, 0.25) is 39.3 Å². The number of thiazole rings is 1. The number of hydrogen-bond donors (Lipinski definition) is 1. The van der Waals surface area contributed by atoms with Crippen LogP contribution in [-0.4, -0.2) is 57.8 Å². The van der Waals surface area contributed by atoms with Gasteiger partial charge >= 0.3 is 0 Å². The molecule has 1 aliphatic heterocycles. The average molecular weight is 649 g/mol. The van der Waals surface area contributed by atoms with E-state index in [1.54, 1.807) is 11.3 Å². The molecule has 43 heavy (non-hydrogen) atoms. The molecule has 2 heterocycles. The van der Waals surface area contributed by atoms with Crippen LogP contribution in [0.4, 0.5) is 0 Å². The Hall–Kier alpha value is -1.73. The van der Waals surface area contributed by atoms with Gasteiger partial charge in [-0.25, -0.2) is 4.98 Å². The van der Waals surface area contributed by atoms with Crippen LogP contribution in [0.25, 0.3) is 6.08 Å². The molecule has 0 spiro atoms. The number of aromatic nitrogens is 1. The summed E-state index contributed by atoms with van der Waals surface area (Å²) in [4.78, 5) is 44.7. The summed E-state index contributed by atoms with van der Waals surface area (Å²) in [5, 5.41) is 6.12. The van der Waals surface area contributed by atoms with Gasteiger partial charge in [0.15, 0.2) is 16.6 Å². The molecule has 0 fully saturated rings.